The van der Waals surface area contributed by atoms with Crippen molar-refractivity contribution >= 4 is 22.8 Å². The lowest BCUT2D eigenvalue weighted by molar-refractivity contribution is 0.163. The molecule has 0 spiro atoms. The van der Waals surface area contributed by atoms with E-state index in [0.717, 1.165) is 24.8 Å². The maximum Gasteiger partial charge on any atom is 0.419 e. The molecule has 0 aliphatic carbocycles. The number of benzene rings is 1. The van der Waals surface area contributed by atoms with Crippen LogP contribution in [0.1, 0.15) is 30.9 Å². The van der Waals surface area contributed by atoms with E-state index in [9.17, 15) is 9.59 Å². The number of carbonyl (C=O) groups excluding carboxylic acids is 1. The van der Waals surface area contributed by atoms with Crippen LogP contribution in [-0.2, 0) is 7.05 Å². The third kappa shape index (κ3) is 2.96. The Hall–Kier alpha value is -3.09. The average Bonchev–Trinajstić information content (AvgIpc) is 2.96. The number of rotatable bonds is 2. The van der Waals surface area contributed by atoms with Crippen LogP contribution >= 0.6 is 0 Å². The Morgan fingerprint density at radius 2 is 2.19 bits per heavy atom. The topological polar surface area (TPSA) is 80.4 Å². The number of amides is 2. The molecule has 1 aliphatic heterocycles. The molecule has 0 radical (unpaired) electrons. The van der Waals surface area contributed by atoms with Crippen molar-refractivity contribution in [2.24, 2.45) is 7.05 Å². The van der Waals surface area contributed by atoms with Crippen LogP contribution in [0.3, 0.4) is 0 Å². The van der Waals surface area contributed by atoms with Crippen molar-refractivity contribution in [3.8, 4) is 0 Å². The van der Waals surface area contributed by atoms with Crippen molar-refractivity contribution in [2.45, 2.75) is 25.3 Å². The summed E-state index contributed by atoms with van der Waals surface area (Å²) in [4.78, 5) is 30.5. The van der Waals surface area contributed by atoms with Crippen LogP contribution in [0.5, 0.6) is 0 Å². The molecular formula is C19H20N4O3. The second kappa shape index (κ2) is 6.67. The van der Waals surface area contributed by atoms with E-state index >= 15 is 0 Å². The zero-order valence-electron chi connectivity index (χ0n) is 14.5. The molecule has 2 amide bonds. The Kier molecular flexibility index (Phi) is 4.20. The van der Waals surface area contributed by atoms with Gasteiger partial charge in [0, 0.05) is 31.7 Å². The number of nitrogens with zero attached hydrogens (tertiary/aromatic N) is 3. The maximum atomic E-state index is 12.9. The first-order valence-electron chi connectivity index (χ1n) is 8.70. The number of pyridine rings is 1. The number of anilines is 1. The van der Waals surface area contributed by atoms with Crippen molar-refractivity contribution in [3.05, 3.63) is 58.8 Å². The Labute approximate surface area is 150 Å². The molecule has 134 valence electrons. The molecule has 1 atom stereocenters. The van der Waals surface area contributed by atoms with Crippen molar-refractivity contribution in [2.75, 3.05) is 11.9 Å². The lowest BCUT2D eigenvalue weighted by Gasteiger charge is -2.35. The summed E-state index contributed by atoms with van der Waals surface area (Å²) in [5, 5.41) is 2.95. The van der Waals surface area contributed by atoms with Gasteiger partial charge in [-0.05, 0) is 49.1 Å². The quantitative estimate of drug-likeness (QED) is 0.767. The van der Waals surface area contributed by atoms with Gasteiger partial charge in [0.25, 0.3) is 0 Å². The van der Waals surface area contributed by atoms with Gasteiger partial charge in [0.2, 0.25) is 0 Å². The number of carbonyl (C=O) groups is 1. The largest absolute Gasteiger partial charge is 0.419 e. The molecule has 2 aromatic heterocycles. The fraction of sp³-hybridized carbons (Fsp3) is 0.316. The highest BCUT2D eigenvalue weighted by Gasteiger charge is 2.28. The first kappa shape index (κ1) is 16.4. The maximum absolute atomic E-state index is 12.9. The molecule has 0 unspecified atom stereocenters. The van der Waals surface area contributed by atoms with E-state index in [0.29, 0.717) is 23.3 Å². The fourth-order valence-corrected chi connectivity index (χ4v) is 3.49. The molecule has 1 N–H and O–H groups in total. The molecule has 4 rings (SSSR count). The molecule has 3 heterocycles. The number of piperidine rings is 1. The fourth-order valence-electron chi connectivity index (χ4n) is 3.49. The van der Waals surface area contributed by atoms with Crippen LogP contribution in [0.4, 0.5) is 10.5 Å². The van der Waals surface area contributed by atoms with Crippen LogP contribution in [0.25, 0.3) is 11.1 Å². The molecule has 1 fully saturated rings. The van der Waals surface area contributed by atoms with Gasteiger partial charge >= 0.3 is 11.8 Å². The van der Waals surface area contributed by atoms with E-state index in [1.54, 1.807) is 31.4 Å². The highest BCUT2D eigenvalue weighted by atomic mass is 16.4. The van der Waals surface area contributed by atoms with Crippen LogP contribution in [0.2, 0.25) is 0 Å². The summed E-state index contributed by atoms with van der Waals surface area (Å²) in [5.74, 6) is -0.420. The number of urea groups is 1. The predicted octanol–water partition coefficient (Wildman–Crippen LogP) is 3.29. The third-order valence-corrected chi connectivity index (χ3v) is 4.88. The Morgan fingerprint density at radius 1 is 1.31 bits per heavy atom. The second-order valence-electron chi connectivity index (χ2n) is 6.53. The number of hydrogen-bond acceptors (Lipinski definition) is 4. The molecule has 7 heteroatoms. The number of oxazole rings is 1. The van der Waals surface area contributed by atoms with Gasteiger partial charge in [-0.25, -0.2) is 9.59 Å². The van der Waals surface area contributed by atoms with E-state index in [1.807, 2.05) is 23.2 Å². The summed E-state index contributed by atoms with van der Waals surface area (Å²) in [6, 6.07) is 8.98. The molecule has 1 saturated heterocycles. The molecular weight excluding hydrogens is 332 g/mol. The Bertz CT molecular complexity index is 993. The molecule has 1 aliphatic rings. The number of likely N-dealkylation sites (tertiary alicyclic amines) is 1. The van der Waals surface area contributed by atoms with Crippen LogP contribution in [0.15, 0.2) is 51.9 Å². The van der Waals surface area contributed by atoms with Gasteiger partial charge in [-0.2, -0.15) is 0 Å². The average molecular weight is 352 g/mol. The zero-order chi connectivity index (χ0) is 18.1. The molecule has 1 aromatic carbocycles. The lowest BCUT2D eigenvalue weighted by atomic mass is 9.97. The van der Waals surface area contributed by atoms with Gasteiger partial charge in [-0.15, -0.1) is 0 Å². The monoisotopic (exact) mass is 352 g/mol. The number of aromatic nitrogens is 2. The molecule has 26 heavy (non-hydrogen) atoms. The number of nitrogens with one attached hydrogen (secondary N) is 1. The first-order valence-corrected chi connectivity index (χ1v) is 8.70. The SMILES string of the molecule is Cn1c(=O)oc2ccc(NC(=O)N3CCCC[C@@H]3c3cccnc3)cc21. The Balaban J connectivity index is 1.58. The third-order valence-electron chi connectivity index (χ3n) is 4.88. The van der Waals surface area contributed by atoms with Crippen LogP contribution in [-0.4, -0.2) is 27.0 Å². The van der Waals surface area contributed by atoms with Crippen LogP contribution in [0, 0.1) is 0 Å². The van der Waals surface area contributed by atoms with Crippen LogP contribution < -0.4 is 11.1 Å². The van der Waals surface area contributed by atoms with Gasteiger partial charge in [-0.3, -0.25) is 9.55 Å². The normalized spacial score (nSPS) is 17.4. The highest BCUT2D eigenvalue weighted by molar-refractivity contribution is 5.92. The van der Waals surface area contributed by atoms with E-state index in [1.165, 1.54) is 4.57 Å². The standard InChI is InChI=1S/C19H20N4O3/c1-22-16-11-14(7-8-17(16)26-19(22)25)21-18(24)23-10-3-2-6-15(23)13-5-4-9-20-12-13/h4-5,7-9,11-12,15H,2-3,6,10H2,1H3,(H,21,24)/t15-/m1/s1. The minimum absolute atomic E-state index is 0.0273. The van der Waals surface area contributed by atoms with Gasteiger partial charge in [0.1, 0.15) is 0 Å². The number of fused-ring (bicyclic) bond motifs is 1. The van der Waals surface area contributed by atoms with Crippen molar-refractivity contribution in [1.29, 1.82) is 0 Å². The molecule has 0 bridgehead atoms. The van der Waals surface area contributed by atoms with Gasteiger partial charge < -0.3 is 14.6 Å². The van der Waals surface area contributed by atoms with E-state index in [4.69, 9.17) is 4.42 Å². The summed E-state index contributed by atoms with van der Waals surface area (Å²) in [7, 11) is 1.64. The van der Waals surface area contributed by atoms with Gasteiger partial charge in [-0.1, -0.05) is 6.07 Å². The number of aryl methyl sites for hydroxylation is 1. The van der Waals surface area contributed by atoms with Gasteiger partial charge in [0.05, 0.1) is 11.6 Å². The highest BCUT2D eigenvalue weighted by Crippen LogP contribution is 2.31. The van der Waals surface area contributed by atoms with E-state index in [2.05, 4.69) is 10.3 Å². The van der Waals surface area contributed by atoms with Crippen molar-refractivity contribution in [3.63, 3.8) is 0 Å². The summed E-state index contributed by atoms with van der Waals surface area (Å²) >= 11 is 0. The van der Waals surface area contributed by atoms with E-state index < -0.39 is 5.76 Å². The van der Waals surface area contributed by atoms with Crippen molar-refractivity contribution < 1.29 is 9.21 Å². The summed E-state index contributed by atoms with van der Waals surface area (Å²) in [6.07, 6.45) is 6.56. The minimum Gasteiger partial charge on any atom is -0.408 e. The predicted molar refractivity (Wildman–Crippen MR) is 98.0 cm³/mol. The number of hydrogen-bond donors (Lipinski definition) is 1. The van der Waals surface area contributed by atoms with Gasteiger partial charge in [0.15, 0.2) is 5.58 Å². The van der Waals surface area contributed by atoms with Crippen molar-refractivity contribution in [1.82, 2.24) is 14.5 Å². The molecule has 7 nitrogen and oxygen atoms in total. The summed E-state index contributed by atoms with van der Waals surface area (Å²) in [6.45, 7) is 0.706. The smallest absolute Gasteiger partial charge is 0.408 e. The zero-order valence-corrected chi connectivity index (χ0v) is 14.5. The van der Waals surface area contributed by atoms with E-state index in [-0.39, 0.29) is 12.1 Å². The molecule has 0 saturated carbocycles. The minimum atomic E-state index is -0.420. The second-order valence-corrected chi connectivity index (χ2v) is 6.53. The first-order chi connectivity index (χ1) is 12.6. The summed E-state index contributed by atoms with van der Waals surface area (Å²) < 4.78 is 6.55. The Morgan fingerprint density at radius 3 is 3.00 bits per heavy atom. The summed E-state index contributed by atoms with van der Waals surface area (Å²) in [5.41, 5.74) is 2.83. The molecule has 3 aromatic rings. The lowest BCUT2D eigenvalue weighted by Crippen LogP contribution is -2.41.